The van der Waals surface area contributed by atoms with E-state index < -0.39 is 86.3 Å². The molecule has 0 unspecified atom stereocenters. The molecule has 0 atom stereocenters. The lowest BCUT2D eigenvalue weighted by Gasteiger charge is -2.14. The highest BCUT2D eigenvalue weighted by atomic mass is 32.2. The number of rotatable bonds is 6. The van der Waals surface area contributed by atoms with E-state index >= 15 is 0 Å². The lowest BCUT2D eigenvalue weighted by atomic mass is 10.0. The van der Waals surface area contributed by atoms with E-state index in [4.69, 9.17) is 21.1 Å². The Morgan fingerprint density at radius 3 is 2.77 bits per heavy atom. The molecule has 8 nitrogen and oxygen atoms in total. The Labute approximate surface area is 195 Å². The van der Waals surface area contributed by atoms with Gasteiger partial charge in [-0.25, -0.2) is 13.1 Å². The van der Waals surface area contributed by atoms with Gasteiger partial charge in [-0.15, -0.1) is 11.3 Å². The molecule has 1 aromatic carbocycles. The molecule has 158 valence electrons. The molecule has 0 aliphatic rings. The molecule has 0 saturated carbocycles. The molecule has 2 heterocycles. The summed E-state index contributed by atoms with van der Waals surface area (Å²) in [7, 11) is -4.91. The number of anilines is 2. The first kappa shape index (κ1) is 10.9. The fraction of sp³-hybridized carbons (Fsp3) is 0.250. The predicted octanol–water partition coefficient (Wildman–Crippen LogP) is 4.23. The number of carbonyl (C=O) groups is 2. The van der Waals surface area contributed by atoms with Gasteiger partial charge in [-0.3, -0.25) is 9.59 Å². The molecule has 1 amide bonds. The van der Waals surface area contributed by atoms with Gasteiger partial charge in [0, 0.05) is 23.5 Å². The van der Waals surface area contributed by atoms with Crippen LogP contribution >= 0.6 is 11.3 Å². The summed E-state index contributed by atoms with van der Waals surface area (Å²) >= 11 is 0.454. The molecule has 0 aliphatic heterocycles. The summed E-state index contributed by atoms with van der Waals surface area (Å²) in [5.74, 6) is -3.92. The molecule has 3 aromatic rings. The van der Waals surface area contributed by atoms with E-state index in [-0.39, 0.29) is 21.3 Å². The summed E-state index contributed by atoms with van der Waals surface area (Å²) in [6, 6.07) is 0.119. The average Bonchev–Trinajstić information content (AvgIpc) is 3.47. The largest absolute Gasteiger partial charge is 0.337 e. The molecule has 0 fully saturated rings. The summed E-state index contributed by atoms with van der Waals surface area (Å²) in [6.45, 7) is -7.26. The zero-order valence-electron chi connectivity index (χ0n) is 27.4. The van der Waals surface area contributed by atoms with Crippen LogP contribution in [0.2, 0.25) is 2.82 Å². The Morgan fingerprint density at radius 1 is 1.33 bits per heavy atom. The highest BCUT2D eigenvalue weighted by molar-refractivity contribution is 7.93. The number of hydrogen-bond acceptors (Lipinski definition) is 7. The maximum absolute atomic E-state index is 13.6. The fourth-order valence-corrected chi connectivity index (χ4v) is 4.59. The summed E-state index contributed by atoms with van der Waals surface area (Å²) < 4.78 is 125. The zero-order valence-corrected chi connectivity index (χ0v) is 17.1. The van der Waals surface area contributed by atoms with Crippen molar-refractivity contribution < 1.29 is 39.1 Å². The van der Waals surface area contributed by atoms with Crippen molar-refractivity contribution in [3.05, 3.63) is 56.4 Å². The Morgan fingerprint density at radius 2 is 2.13 bits per heavy atom. The topological polar surface area (TPSA) is 118 Å². The van der Waals surface area contributed by atoms with Crippen molar-refractivity contribution in [3.63, 3.8) is 0 Å². The van der Waals surface area contributed by atoms with Gasteiger partial charge in [0.15, 0.2) is 8.61 Å². The molecule has 30 heavy (non-hydrogen) atoms. The van der Waals surface area contributed by atoms with Gasteiger partial charge in [-0.1, -0.05) is 11.2 Å². The first-order chi connectivity index (χ1) is 18.9. The molecular formula is C20H21N3O5S2. The molecule has 3 rings (SSSR count). The predicted molar refractivity (Wildman–Crippen MR) is 115 cm³/mol. The van der Waals surface area contributed by atoms with Gasteiger partial charge >= 0.3 is 0 Å². The molecule has 0 aliphatic carbocycles. The number of Topliss-reactive ketones (excluding diaryl/α,β-unsaturated/α-hetero) is 1. The van der Waals surface area contributed by atoms with Crippen LogP contribution in [0, 0.1) is 27.6 Å². The van der Waals surface area contributed by atoms with Crippen LogP contribution in [0.1, 0.15) is 63.0 Å². The number of sulfonamides is 1. The van der Waals surface area contributed by atoms with E-state index in [0.29, 0.717) is 17.4 Å². The minimum absolute atomic E-state index is 0.0556. The number of nitrogens with zero attached hydrogens (tertiary/aromatic N) is 1. The van der Waals surface area contributed by atoms with Crippen molar-refractivity contribution in [2.24, 2.45) is 0 Å². The standard InChI is InChI=1S/C20H21N3O5S2/c1-10-8-11(2)17(15(9-10)14(5)24)21-19(25)18-16(6-7-29-18)30(26,27)23-20-12(3)13(4)22-28-20/h6-9,23H,1-5H3,(H,21,25)/i1D3,2D3,5D3,8D/hD2. The van der Waals surface area contributed by atoms with Crippen LogP contribution in [0.5, 0.6) is 0 Å². The highest BCUT2D eigenvalue weighted by Gasteiger charge is 2.27. The number of amides is 1. The normalized spacial score (nSPS) is 18.5. The summed E-state index contributed by atoms with van der Waals surface area (Å²) in [5.41, 5.74) is -4.27. The lowest BCUT2D eigenvalue weighted by Crippen LogP contribution is -2.20. The van der Waals surface area contributed by atoms with Gasteiger partial charge in [0.1, 0.15) is 9.77 Å². The molecule has 2 N–H and O–H groups in total. The second-order valence-electron chi connectivity index (χ2n) is 5.94. The van der Waals surface area contributed by atoms with Gasteiger partial charge in [-0.05, 0) is 63.0 Å². The maximum atomic E-state index is 13.6. The van der Waals surface area contributed by atoms with E-state index in [1.54, 1.807) is 0 Å². The third-order valence-electron chi connectivity index (χ3n) is 3.94. The monoisotopic (exact) mass is 459 g/mol. The van der Waals surface area contributed by atoms with Crippen molar-refractivity contribution in [2.75, 3.05) is 10.0 Å². The average molecular weight is 460 g/mol. The maximum Gasteiger partial charge on any atom is 0.267 e. The quantitative estimate of drug-likeness (QED) is 0.533. The molecule has 0 bridgehead atoms. The SMILES string of the molecule is [2H]c1c(C([2H])([2H])[2H])cc(C(=O)C([2H])([2H])[2H])c(N([2H])C(=O)c2sccc2S(=O)(=O)N([2H])c2onc(C)c2C)c1C([2H])([2H])[2H]. The first-order valence-electron chi connectivity index (χ1n) is 13.9. The lowest BCUT2D eigenvalue weighted by molar-refractivity contribution is 0.101. The molecule has 0 saturated heterocycles. The van der Waals surface area contributed by atoms with Gasteiger partial charge < -0.3 is 9.83 Å². The minimum Gasteiger partial charge on any atom is -0.337 e. The van der Waals surface area contributed by atoms with Gasteiger partial charge in [0.2, 0.25) is 5.88 Å². The molecule has 2 aromatic heterocycles. The molecular weight excluding hydrogens is 426 g/mol. The number of nitrogens with one attached hydrogen (secondary N) is 2. The van der Waals surface area contributed by atoms with Crippen LogP contribution in [-0.2, 0) is 10.0 Å². The van der Waals surface area contributed by atoms with Crippen molar-refractivity contribution in [1.82, 2.24) is 5.16 Å². The van der Waals surface area contributed by atoms with E-state index in [1.165, 1.54) is 13.8 Å². The third kappa shape index (κ3) is 4.14. The van der Waals surface area contributed by atoms with Crippen LogP contribution in [0.4, 0.5) is 11.6 Å². The van der Waals surface area contributed by atoms with Gasteiger partial charge in [0.05, 0.1) is 12.8 Å². The Hall–Kier alpha value is -2.98. The van der Waals surface area contributed by atoms with E-state index in [1.807, 2.05) is 0 Å². The number of benzene rings is 1. The van der Waals surface area contributed by atoms with Crippen LogP contribution < -0.4 is 10.0 Å². The van der Waals surface area contributed by atoms with Gasteiger partial charge in [-0.2, -0.15) is 0 Å². The second-order valence-corrected chi connectivity index (χ2v) is 8.43. The van der Waals surface area contributed by atoms with Crippen LogP contribution in [0.3, 0.4) is 0 Å². The van der Waals surface area contributed by atoms with Crippen molar-refractivity contribution >= 4 is 44.6 Å². The van der Waals surface area contributed by atoms with Crippen LogP contribution in [0.15, 0.2) is 33.0 Å². The Balaban J connectivity index is 2.30. The van der Waals surface area contributed by atoms with E-state index in [2.05, 4.69) is 5.16 Å². The minimum atomic E-state index is -4.91. The number of carbonyl (C=O) groups excluding carboxylic acids is 2. The van der Waals surface area contributed by atoms with Crippen molar-refractivity contribution in [2.45, 2.75) is 39.3 Å². The number of thiophene rings is 1. The number of hydrogen-bond donors (Lipinski definition) is 2. The number of aromatic nitrogens is 1. The second kappa shape index (κ2) is 8.04. The zero-order chi connectivity index (χ0) is 32.3. The summed E-state index contributed by atoms with van der Waals surface area (Å²) in [6.07, 6.45) is 0. The van der Waals surface area contributed by atoms with Crippen molar-refractivity contribution in [3.8, 4) is 0 Å². The molecule has 10 heteroatoms. The van der Waals surface area contributed by atoms with Crippen molar-refractivity contribution in [1.29, 1.82) is 0 Å². The smallest absolute Gasteiger partial charge is 0.267 e. The van der Waals surface area contributed by atoms with Gasteiger partial charge in [0.25, 0.3) is 15.9 Å². The summed E-state index contributed by atoms with van der Waals surface area (Å²) in [5, 5.41) is 4.41. The van der Waals surface area contributed by atoms with E-state index in [9.17, 15) is 18.0 Å². The van der Waals surface area contributed by atoms with E-state index in [0.717, 1.165) is 11.4 Å². The summed E-state index contributed by atoms with van der Waals surface area (Å²) in [4.78, 5) is 24.9. The highest BCUT2D eigenvalue weighted by Crippen LogP contribution is 2.29. The van der Waals surface area contributed by atoms with Crippen LogP contribution in [-0.4, -0.2) is 25.3 Å². The first-order valence-corrected chi connectivity index (χ1v) is 10.4. The molecule has 0 spiro atoms. The number of ketones is 1. The Kier molecular flexibility index (Phi) is 2.91. The van der Waals surface area contributed by atoms with Crippen LogP contribution in [0.25, 0.3) is 0 Å². The number of aryl methyl sites for hydroxylation is 2. The molecule has 0 radical (unpaired) electrons. The fourth-order valence-electron chi connectivity index (χ4n) is 2.32. The third-order valence-corrected chi connectivity index (χ3v) is 6.27. The Bertz CT molecular complexity index is 1670.